The Kier molecular flexibility index (Phi) is 3.57. The van der Waals surface area contributed by atoms with E-state index in [2.05, 4.69) is 61.6 Å². The van der Waals surface area contributed by atoms with E-state index in [1.165, 1.54) is 16.3 Å². The quantitative estimate of drug-likeness (QED) is 0.730. The number of rotatable bonds is 4. The highest BCUT2D eigenvalue weighted by atomic mass is 16.3. The molecule has 0 bridgehead atoms. The molecule has 2 atom stereocenters. The van der Waals surface area contributed by atoms with Gasteiger partial charge in [0.25, 0.3) is 0 Å². The predicted octanol–water partition coefficient (Wildman–Crippen LogP) is 4.84. The molecule has 1 aromatic heterocycles. The molecule has 0 saturated heterocycles. The van der Waals surface area contributed by atoms with Crippen molar-refractivity contribution >= 4 is 10.8 Å². The van der Waals surface area contributed by atoms with Gasteiger partial charge >= 0.3 is 0 Å². The second-order valence-corrected chi connectivity index (χ2v) is 5.19. The van der Waals surface area contributed by atoms with E-state index < -0.39 is 0 Å². The fraction of sp³-hybridized carbons (Fsp3) is 0.222. The average molecular weight is 265 g/mol. The van der Waals surface area contributed by atoms with E-state index in [0.29, 0.717) is 0 Å². The third-order valence-corrected chi connectivity index (χ3v) is 3.76. The van der Waals surface area contributed by atoms with Gasteiger partial charge < -0.3 is 9.73 Å². The highest BCUT2D eigenvalue weighted by Crippen LogP contribution is 2.26. The lowest BCUT2D eigenvalue weighted by Crippen LogP contribution is -2.22. The van der Waals surface area contributed by atoms with Crippen LogP contribution in [0.3, 0.4) is 0 Å². The fourth-order valence-electron chi connectivity index (χ4n) is 2.71. The highest BCUT2D eigenvalue weighted by molar-refractivity contribution is 5.86. The third-order valence-electron chi connectivity index (χ3n) is 3.76. The van der Waals surface area contributed by atoms with E-state index in [1.54, 1.807) is 6.26 Å². The summed E-state index contributed by atoms with van der Waals surface area (Å²) in [5.41, 5.74) is 1.32. The molecule has 0 spiro atoms. The van der Waals surface area contributed by atoms with Gasteiger partial charge in [-0.2, -0.15) is 0 Å². The van der Waals surface area contributed by atoms with Crippen LogP contribution in [0.2, 0.25) is 0 Å². The SMILES string of the molecule is CC(NC(C)c1cccc2ccccc12)c1ccco1. The first-order valence-electron chi connectivity index (χ1n) is 7.03. The summed E-state index contributed by atoms with van der Waals surface area (Å²) in [7, 11) is 0. The van der Waals surface area contributed by atoms with E-state index >= 15 is 0 Å². The van der Waals surface area contributed by atoms with Crippen LogP contribution in [0.25, 0.3) is 10.8 Å². The number of hydrogen-bond acceptors (Lipinski definition) is 2. The van der Waals surface area contributed by atoms with E-state index in [1.807, 2.05) is 12.1 Å². The number of hydrogen-bond donors (Lipinski definition) is 1. The van der Waals surface area contributed by atoms with Crippen molar-refractivity contribution < 1.29 is 4.42 Å². The lowest BCUT2D eigenvalue weighted by atomic mass is 9.99. The van der Waals surface area contributed by atoms with Crippen molar-refractivity contribution in [3.63, 3.8) is 0 Å². The first kappa shape index (κ1) is 12.9. The van der Waals surface area contributed by atoms with Gasteiger partial charge in [-0.25, -0.2) is 0 Å². The second kappa shape index (κ2) is 5.51. The molecule has 20 heavy (non-hydrogen) atoms. The van der Waals surface area contributed by atoms with E-state index in [9.17, 15) is 0 Å². The van der Waals surface area contributed by atoms with Gasteiger partial charge in [-0.05, 0) is 42.3 Å². The van der Waals surface area contributed by atoms with E-state index in [0.717, 1.165) is 5.76 Å². The second-order valence-electron chi connectivity index (χ2n) is 5.19. The molecule has 2 unspecified atom stereocenters. The monoisotopic (exact) mass is 265 g/mol. The molecule has 1 heterocycles. The largest absolute Gasteiger partial charge is 0.468 e. The van der Waals surface area contributed by atoms with Gasteiger partial charge in [-0.1, -0.05) is 42.5 Å². The number of nitrogens with one attached hydrogen (secondary N) is 1. The van der Waals surface area contributed by atoms with Crippen LogP contribution in [0.4, 0.5) is 0 Å². The molecule has 0 amide bonds. The smallest absolute Gasteiger partial charge is 0.120 e. The molecule has 0 aliphatic rings. The maximum Gasteiger partial charge on any atom is 0.120 e. The van der Waals surface area contributed by atoms with Crippen LogP contribution in [0.5, 0.6) is 0 Å². The maximum absolute atomic E-state index is 5.46. The molecule has 3 aromatic rings. The minimum absolute atomic E-state index is 0.193. The van der Waals surface area contributed by atoms with Crippen LogP contribution in [0.15, 0.2) is 65.3 Å². The van der Waals surface area contributed by atoms with E-state index in [4.69, 9.17) is 4.42 Å². The molecule has 102 valence electrons. The predicted molar refractivity (Wildman–Crippen MR) is 82.6 cm³/mol. The van der Waals surface area contributed by atoms with Crippen LogP contribution in [-0.2, 0) is 0 Å². The summed E-state index contributed by atoms with van der Waals surface area (Å²) in [4.78, 5) is 0. The highest BCUT2D eigenvalue weighted by Gasteiger charge is 2.14. The zero-order chi connectivity index (χ0) is 13.9. The summed E-state index contributed by atoms with van der Waals surface area (Å²) in [5.74, 6) is 0.970. The van der Waals surface area contributed by atoms with Crippen LogP contribution in [0.1, 0.15) is 37.3 Å². The first-order chi connectivity index (χ1) is 9.75. The Hall–Kier alpha value is -2.06. The van der Waals surface area contributed by atoms with Crippen molar-refractivity contribution in [2.45, 2.75) is 25.9 Å². The lowest BCUT2D eigenvalue weighted by Gasteiger charge is -2.20. The molecule has 2 aromatic carbocycles. The van der Waals surface area contributed by atoms with Crippen molar-refractivity contribution in [3.8, 4) is 0 Å². The number of benzene rings is 2. The summed E-state index contributed by atoms with van der Waals surface area (Å²) in [6.45, 7) is 4.32. The minimum Gasteiger partial charge on any atom is -0.468 e. The van der Waals surface area contributed by atoms with Gasteiger partial charge in [-0.3, -0.25) is 0 Å². The van der Waals surface area contributed by atoms with Gasteiger partial charge in [0.05, 0.1) is 12.3 Å². The summed E-state index contributed by atoms with van der Waals surface area (Å²) in [5, 5.41) is 6.19. The molecule has 1 N–H and O–H groups in total. The Balaban J connectivity index is 1.87. The normalized spacial score (nSPS) is 14.3. The topological polar surface area (TPSA) is 25.2 Å². The van der Waals surface area contributed by atoms with Crippen LogP contribution < -0.4 is 5.32 Å². The molecule has 0 fully saturated rings. The molecule has 2 heteroatoms. The molecule has 0 aliphatic carbocycles. The lowest BCUT2D eigenvalue weighted by molar-refractivity contribution is 0.404. The zero-order valence-electron chi connectivity index (χ0n) is 11.8. The van der Waals surface area contributed by atoms with Crippen molar-refractivity contribution in [2.24, 2.45) is 0 Å². The van der Waals surface area contributed by atoms with Gasteiger partial charge in [0, 0.05) is 6.04 Å². The van der Waals surface area contributed by atoms with Crippen molar-refractivity contribution in [1.82, 2.24) is 5.32 Å². The summed E-state index contributed by atoms with van der Waals surface area (Å²) < 4.78 is 5.46. The van der Waals surface area contributed by atoms with Crippen molar-refractivity contribution in [3.05, 3.63) is 72.2 Å². The summed E-state index contributed by atoms with van der Waals surface area (Å²) in [6, 6.07) is 19.4. The molecular weight excluding hydrogens is 246 g/mol. The van der Waals surface area contributed by atoms with Gasteiger partial charge in [0.1, 0.15) is 5.76 Å². The van der Waals surface area contributed by atoms with Gasteiger partial charge in [0.15, 0.2) is 0 Å². The Morgan fingerprint density at radius 1 is 0.850 bits per heavy atom. The third kappa shape index (κ3) is 2.47. The van der Waals surface area contributed by atoms with Crippen LogP contribution in [-0.4, -0.2) is 0 Å². The number of fused-ring (bicyclic) bond motifs is 1. The molecular formula is C18H19NO. The molecule has 0 saturated carbocycles. The molecule has 0 aliphatic heterocycles. The van der Waals surface area contributed by atoms with Crippen molar-refractivity contribution in [2.75, 3.05) is 0 Å². The molecule has 2 nitrogen and oxygen atoms in total. The standard InChI is InChI=1S/C18H19NO/c1-13(19-14(2)18-11-6-12-20-18)16-10-5-8-15-7-3-4-9-17(15)16/h3-14,19H,1-2H3. The van der Waals surface area contributed by atoms with Crippen LogP contribution in [0, 0.1) is 0 Å². The molecule has 0 radical (unpaired) electrons. The summed E-state index contributed by atoms with van der Waals surface area (Å²) in [6.07, 6.45) is 1.72. The average Bonchev–Trinajstić information content (AvgIpc) is 3.01. The first-order valence-corrected chi connectivity index (χ1v) is 7.03. The Labute approximate surface area is 119 Å². The Morgan fingerprint density at radius 2 is 1.65 bits per heavy atom. The van der Waals surface area contributed by atoms with Gasteiger partial charge in [-0.15, -0.1) is 0 Å². The fourth-order valence-corrected chi connectivity index (χ4v) is 2.71. The van der Waals surface area contributed by atoms with Gasteiger partial charge in [0.2, 0.25) is 0 Å². The maximum atomic E-state index is 5.46. The van der Waals surface area contributed by atoms with E-state index in [-0.39, 0.29) is 12.1 Å². The summed E-state index contributed by atoms with van der Waals surface area (Å²) >= 11 is 0. The molecule has 3 rings (SSSR count). The minimum atomic E-state index is 0.193. The van der Waals surface area contributed by atoms with Crippen molar-refractivity contribution in [1.29, 1.82) is 0 Å². The Morgan fingerprint density at radius 3 is 2.45 bits per heavy atom. The Bertz CT molecular complexity index is 682. The number of furan rings is 1. The zero-order valence-corrected chi connectivity index (χ0v) is 11.8. The van der Waals surface area contributed by atoms with Crippen LogP contribution >= 0.6 is 0 Å².